The van der Waals surface area contributed by atoms with Gasteiger partial charge in [0.05, 0.1) is 6.10 Å². The van der Waals surface area contributed by atoms with Gasteiger partial charge in [0.25, 0.3) is 0 Å². The van der Waals surface area contributed by atoms with Crippen LogP contribution in [0.3, 0.4) is 0 Å². The summed E-state index contributed by atoms with van der Waals surface area (Å²) in [5.41, 5.74) is 2.11. The number of hydrogen-bond acceptors (Lipinski definition) is 4. The van der Waals surface area contributed by atoms with Gasteiger partial charge in [-0.3, -0.25) is 14.4 Å². The summed E-state index contributed by atoms with van der Waals surface area (Å²) in [5.74, 6) is -1.42. The van der Waals surface area contributed by atoms with Gasteiger partial charge in [0.2, 0.25) is 5.91 Å². The second-order valence-corrected chi connectivity index (χ2v) is 6.82. The molecular weight excluding hydrogens is 334 g/mol. The second-order valence-electron chi connectivity index (χ2n) is 6.82. The monoisotopic (exact) mass is 359 g/mol. The summed E-state index contributed by atoms with van der Waals surface area (Å²) in [4.78, 5) is 39.6. The fraction of sp³-hybridized carbons (Fsp3) is 0.526. The van der Waals surface area contributed by atoms with Crippen molar-refractivity contribution in [2.24, 2.45) is 0 Å². The van der Waals surface area contributed by atoms with E-state index in [4.69, 9.17) is 4.74 Å². The maximum Gasteiger partial charge on any atom is 0.312 e. The van der Waals surface area contributed by atoms with Crippen LogP contribution < -0.4 is 5.32 Å². The molecule has 26 heavy (non-hydrogen) atoms. The van der Waals surface area contributed by atoms with Crippen molar-refractivity contribution in [1.29, 1.82) is 0 Å². The number of aryl methyl sites for hydroxylation is 1. The number of amides is 3. The molecule has 3 rings (SSSR count). The van der Waals surface area contributed by atoms with E-state index in [1.807, 2.05) is 31.2 Å². The molecule has 1 N–H and O–H groups in total. The summed E-state index contributed by atoms with van der Waals surface area (Å²) in [7, 11) is 0. The number of nitrogens with zero attached hydrogens (tertiary/aromatic N) is 2. The highest BCUT2D eigenvalue weighted by Gasteiger charge is 2.33. The molecule has 2 aliphatic heterocycles. The van der Waals surface area contributed by atoms with E-state index in [2.05, 4.69) is 5.32 Å². The van der Waals surface area contributed by atoms with Gasteiger partial charge in [-0.25, -0.2) is 0 Å². The predicted molar refractivity (Wildman–Crippen MR) is 95.2 cm³/mol. The minimum absolute atomic E-state index is 0.0576. The summed E-state index contributed by atoms with van der Waals surface area (Å²) in [5, 5.41) is 2.78. The summed E-state index contributed by atoms with van der Waals surface area (Å²) >= 11 is 0. The molecule has 1 aromatic carbocycles. The van der Waals surface area contributed by atoms with E-state index >= 15 is 0 Å². The zero-order chi connectivity index (χ0) is 18.5. The molecule has 0 radical (unpaired) electrons. The lowest BCUT2D eigenvalue weighted by Gasteiger charge is -2.33. The Hall–Kier alpha value is -2.41. The molecule has 0 unspecified atom stereocenters. The van der Waals surface area contributed by atoms with Crippen molar-refractivity contribution in [1.82, 2.24) is 15.1 Å². The number of ether oxygens (including phenoxy) is 1. The Bertz CT molecular complexity index is 685. The zero-order valence-corrected chi connectivity index (χ0v) is 15.1. The zero-order valence-electron chi connectivity index (χ0n) is 15.1. The van der Waals surface area contributed by atoms with Crippen LogP contribution in [0.1, 0.15) is 24.0 Å². The maximum atomic E-state index is 12.4. The van der Waals surface area contributed by atoms with Gasteiger partial charge in [-0.05, 0) is 30.9 Å². The number of rotatable bonds is 6. The summed E-state index contributed by atoms with van der Waals surface area (Å²) in [6, 6.07) is 7.80. The van der Waals surface area contributed by atoms with Crippen molar-refractivity contribution in [2.45, 2.75) is 32.4 Å². The Kier molecular flexibility index (Phi) is 5.88. The van der Waals surface area contributed by atoms with E-state index < -0.39 is 11.8 Å². The SMILES string of the molecule is Cc1ccccc1CN1CCN(CC(=O)NC[C@H]2CCCO2)C(=O)C1=O. The average Bonchev–Trinajstić information content (AvgIpc) is 3.15. The molecule has 0 saturated carbocycles. The highest BCUT2D eigenvalue weighted by atomic mass is 16.5. The van der Waals surface area contributed by atoms with Crippen molar-refractivity contribution in [3.63, 3.8) is 0 Å². The first kappa shape index (κ1) is 18.4. The number of carbonyl (C=O) groups excluding carboxylic acids is 3. The molecule has 2 fully saturated rings. The van der Waals surface area contributed by atoms with Crippen LogP contribution >= 0.6 is 0 Å². The van der Waals surface area contributed by atoms with E-state index in [1.54, 1.807) is 4.90 Å². The second kappa shape index (κ2) is 8.31. The minimum atomic E-state index is -0.614. The van der Waals surface area contributed by atoms with E-state index in [-0.39, 0.29) is 18.6 Å². The molecule has 0 aromatic heterocycles. The fourth-order valence-corrected chi connectivity index (χ4v) is 3.27. The number of hydrogen-bond donors (Lipinski definition) is 1. The van der Waals surface area contributed by atoms with Crippen LogP contribution in [0, 0.1) is 6.92 Å². The Balaban J connectivity index is 1.50. The number of benzene rings is 1. The third kappa shape index (κ3) is 4.40. The number of nitrogens with one attached hydrogen (secondary N) is 1. The van der Waals surface area contributed by atoms with E-state index in [1.165, 1.54) is 4.90 Å². The van der Waals surface area contributed by atoms with Crippen LogP contribution in [0.5, 0.6) is 0 Å². The first-order valence-corrected chi connectivity index (χ1v) is 9.05. The molecular formula is C19H25N3O4. The first-order valence-electron chi connectivity index (χ1n) is 9.05. The smallest absolute Gasteiger partial charge is 0.312 e. The van der Waals surface area contributed by atoms with Gasteiger partial charge in [-0.1, -0.05) is 24.3 Å². The molecule has 0 bridgehead atoms. The Morgan fingerprint density at radius 2 is 1.92 bits per heavy atom. The van der Waals surface area contributed by atoms with E-state index in [0.29, 0.717) is 26.2 Å². The molecule has 2 heterocycles. The third-order valence-electron chi connectivity index (χ3n) is 4.91. The largest absolute Gasteiger partial charge is 0.376 e. The summed E-state index contributed by atoms with van der Waals surface area (Å²) in [6.07, 6.45) is 2.01. The predicted octanol–water partition coefficient (Wildman–Crippen LogP) is 0.461. The molecule has 140 valence electrons. The van der Waals surface area contributed by atoms with Gasteiger partial charge in [-0.15, -0.1) is 0 Å². The van der Waals surface area contributed by atoms with Crippen LogP contribution in [-0.4, -0.2) is 66.4 Å². The van der Waals surface area contributed by atoms with Crippen molar-refractivity contribution in [2.75, 3.05) is 32.8 Å². The topological polar surface area (TPSA) is 79.0 Å². The van der Waals surface area contributed by atoms with E-state index in [0.717, 1.165) is 30.6 Å². The quantitative estimate of drug-likeness (QED) is 0.749. The van der Waals surface area contributed by atoms with Gasteiger partial charge < -0.3 is 19.9 Å². The lowest BCUT2D eigenvalue weighted by molar-refractivity contribution is -0.157. The van der Waals surface area contributed by atoms with Crippen LogP contribution in [0.25, 0.3) is 0 Å². The van der Waals surface area contributed by atoms with Crippen molar-refractivity contribution < 1.29 is 19.1 Å². The van der Waals surface area contributed by atoms with Gasteiger partial charge in [0.15, 0.2) is 0 Å². The van der Waals surface area contributed by atoms with Crippen molar-refractivity contribution in [3.05, 3.63) is 35.4 Å². The van der Waals surface area contributed by atoms with Crippen LogP contribution in [0.4, 0.5) is 0 Å². The van der Waals surface area contributed by atoms with Gasteiger partial charge in [0.1, 0.15) is 6.54 Å². The lowest BCUT2D eigenvalue weighted by Crippen LogP contribution is -2.56. The normalized spacial score (nSPS) is 20.6. The lowest BCUT2D eigenvalue weighted by atomic mass is 10.1. The molecule has 0 aliphatic carbocycles. The Morgan fingerprint density at radius 1 is 1.19 bits per heavy atom. The molecule has 2 saturated heterocycles. The Morgan fingerprint density at radius 3 is 2.65 bits per heavy atom. The molecule has 3 amide bonds. The first-order chi connectivity index (χ1) is 12.5. The van der Waals surface area contributed by atoms with Crippen molar-refractivity contribution >= 4 is 17.7 Å². The van der Waals surface area contributed by atoms with Gasteiger partial charge in [0, 0.05) is 32.8 Å². The van der Waals surface area contributed by atoms with Gasteiger partial charge in [-0.2, -0.15) is 0 Å². The van der Waals surface area contributed by atoms with Crippen molar-refractivity contribution in [3.8, 4) is 0 Å². The molecule has 7 heteroatoms. The molecule has 7 nitrogen and oxygen atoms in total. The maximum absolute atomic E-state index is 12.4. The third-order valence-corrected chi connectivity index (χ3v) is 4.91. The fourth-order valence-electron chi connectivity index (χ4n) is 3.27. The highest BCUT2D eigenvalue weighted by Crippen LogP contribution is 2.14. The molecule has 1 atom stereocenters. The molecule has 0 spiro atoms. The average molecular weight is 359 g/mol. The molecule has 1 aromatic rings. The van der Waals surface area contributed by atoms with Crippen LogP contribution in [-0.2, 0) is 25.7 Å². The number of piperazine rings is 1. The highest BCUT2D eigenvalue weighted by molar-refractivity contribution is 6.35. The van der Waals surface area contributed by atoms with Crippen LogP contribution in [0.2, 0.25) is 0 Å². The van der Waals surface area contributed by atoms with Gasteiger partial charge >= 0.3 is 11.8 Å². The number of carbonyl (C=O) groups is 3. The minimum Gasteiger partial charge on any atom is -0.376 e. The Labute approximate surface area is 153 Å². The standard InChI is InChI=1S/C19H25N3O4/c1-14-5-2-3-6-15(14)12-21-8-9-22(19(25)18(21)24)13-17(23)20-11-16-7-4-10-26-16/h2-3,5-6,16H,4,7-13H2,1H3,(H,20,23)/t16-/m1/s1. The summed E-state index contributed by atoms with van der Waals surface area (Å²) < 4.78 is 5.46. The summed E-state index contributed by atoms with van der Waals surface area (Å²) in [6.45, 7) is 4.29. The molecule has 2 aliphatic rings. The van der Waals surface area contributed by atoms with Crippen LogP contribution in [0.15, 0.2) is 24.3 Å². The van der Waals surface area contributed by atoms with E-state index in [9.17, 15) is 14.4 Å².